The van der Waals surface area contributed by atoms with Crippen molar-refractivity contribution in [1.29, 1.82) is 0 Å². The minimum atomic E-state index is -1.41. The largest absolute Gasteiger partial charge is 0.290 e. The summed E-state index contributed by atoms with van der Waals surface area (Å²) in [5.41, 5.74) is 2.69. The van der Waals surface area contributed by atoms with Crippen molar-refractivity contribution in [3.8, 4) is 0 Å². The first kappa shape index (κ1) is 15.4. The van der Waals surface area contributed by atoms with E-state index in [0.29, 0.717) is 11.1 Å². The van der Waals surface area contributed by atoms with Crippen molar-refractivity contribution >= 4 is 5.78 Å². The van der Waals surface area contributed by atoms with Crippen LogP contribution in [0.4, 0.5) is 0 Å². The smallest absolute Gasteiger partial charge is 0.202 e. The van der Waals surface area contributed by atoms with Gasteiger partial charge in [-0.25, -0.2) is 4.89 Å². The molecule has 0 bridgehead atoms. The lowest BCUT2D eigenvalue weighted by molar-refractivity contribution is -0.304. The maximum absolute atomic E-state index is 13.0. The molecule has 0 aliphatic carbocycles. The minimum Gasteiger partial charge on any atom is -0.290 e. The van der Waals surface area contributed by atoms with Gasteiger partial charge >= 0.3 is 0 Å². The van der Waals surface area contributed by atoms with Gasteiger partial charge in [0.25, 0.3) is 0 Å². The van der Waals surface area contributed by atoms with Gasteiger partial charge in [-0.05, 0) is 44.4 Å². The Labute approximate surface area is 125 Å². The van der Waals surface area contributed by atoms with Crippen molar-refractivity contribution in [3.05, 3.63) is 70.3 Å². The highest BCUT2D eigenvalue weighted by Crippen LogP contribution is 2.31. The van der Waals surface area contributed by atoms with Crippen molar-refractivity contribution in [2.75, 3.05) is 0 Å². The van der Waals surface area contributed by atoms with E-state index in [9.17, 15) is 10.1 Å². The van der Waals surface area contributed by atoms with Crippen LogP contribution in [0.15, 0.2) is 42.5 Å². The van der Waals surface area contributed by atoms with E-state index in [0.717, 1.165) is 16.7 Å². The second kappa shape index (κ2) is 5.80. The Hall–Kier alpha value is -1.97. The molecule has 0 aromatic heterocycles. The van der Waals surface area contributed by atoms with E-state index in [1.54, 1.807) is 19.1 Å². The standard InChI is InChI=1S/C18H20O3/c1-12-10-13(2)16(14(3)11-12)17(19)18(4,21-20)15-8-6-5-7-9-15/h5-11,20H,1-4H3. The molecule has 1 unspecified atom stereocenters. The van der Waals surface area contributed by atoms with Crippen molar-refractivity contribution in [2.45, 2.75) is 33.3 Å². The van der Waals surface area contributed by atoms with Crippen LogP contribution < -0.4 is 0 Å². The highest BCUT2D eigenvalue weighted by Gasteiger charge is 2.39. The van der Waals surface area contributed by atoms with Crippen LogP contribution in [0.1, 0.15) is 39.5 Å². The second-order valence-corrected chi connectivity index (χ2v) is 5.59. The average Bonchev–Trinajstić information content (AvgIpc) is 2.46. The zero-order chi connectivity index (χ0) is 15.6. The maximum atomic E-state index is 13.0. The van der Waals surface area contributed by atoms with Crippen molar-refractivity contribution in [2.24, 2.45) is 0 Å². The third-order valence-electron chi connectivity index (χ3n) is 3.84. The van der Waals surface area contributed by atoms with Crippen molar-refractivity contribution in [3.63, 3.8) is 0 Å². The van der Waals surface area contributed by atoms with Gasteiger partial charge in [-0.1, -0.05) is 48.0 Å². The summed E-state index contributed by atoms with van der Waals surface area (Å²) in [4.78, 5) is 17.6. The van der Waals surface area contributed by atoms with E-state index in [-0.39, 0.29) is 5.78 Å². The number of benzene rings is 2. The quantitative estimate of drug-likeness (QED) is 0.520. The fourth-order valence-corrected chi connectivity index (χ4v) is 2.76. The number of aryl methyl sites for hydroxylation is 3. The van der Waals surface area contributed by atoms with Gasteiger partial charge in [0.05, 0.1) is 0 Å². The lowest BCUT2D eigenvalue weighted by Crippen LogP contribution is -2.35. The third kappa shape index (κ3) is 2.75. The minimum absolute atomic E-state index is 0.244. The molecule has 1 atom stereocenters. The molecule has 2 aromatic rings. The van der Waals surface area contributed by atoms with Crippen LogP contribution in [0.3, 0.4) is 0 Å². The summed E-state index contributed by atoms with van der Waals surface area (Å²) in [7, 11) is 0. The van der Waals surface area contributed by atoms with Crippen LogP contribution in [0.2, 0.25) is 0 Å². The van der Waals surface area contributed by atoms with Gasteiger partial charge in [0, 0.05) is 5.56 Å². The molecule has 1 N–H and O–H groups in total. The van der Waals surface area contributed by atoms with E-state index in [1.165, 1.54) is 0 Å². The van der Waals surface area contributed by atoms with Gasteiger partial charge in [0.2, 0.25) is 5.78 Å². The lowest BCUT2D eigenvalue weighted by atomic mass is 9.84. The number of hydrogen-bond acceptors (Lipinski definition) is 3. The molecule has 0 aliphatic heterocycles. The summed E-state index contributed by atoms with van der Waals surface area (Å²) in [6, 6.07) is 12.9. The highest BCUT2D eigenvalue weighted by molar-refractivity contribution is 6.05. The summed E-state index contributed by atoms with van der Waals surface area (Å²) >= 11 is 0. The zero-order valence-electron chi connectivity index (χ0n) is 12.8. The Balaban J connectivity index is 2.57. The van der Waals surface area contributed by atoms with Gasteiger partial charge in [0.15, 0.2) is 5.60 Å². The third-order valence-corrected chi connectivity index (χ3v) is 3.84. The Kier molecular flexibility index (Phi) is 4.26. The van der Waals surface area contributed by atoms with E-state index >= 15 is 0 Å². The molecular weight excluding hydrogens is 264 g/mol. The molecule has 0 saturated heterocycles. The molecule has 0 aliphatic rings. The summed E-state index contributed by atoms with van der Waals surface area (Å²) in [5, 5.41) is 9.39. The summed E-state index contributed by atoms with van der Waals surface area (Å²) in [6.07, 6.45) is 0. The number of Topliss-reactive ketones (excluding diaryl/α,β-unsaturated/α-hetero) is 1. The molecule has 110 valence electrons. The SMILES string of the molecule is Cc1cc(C)c(C(=O)C(C)(OO)c2ccccc2)c(C)c1. The molecular formula is C18H20O3. The van der Waals surface area contributed by atoms with Gasteiger partial charge in [-0.15, -0.1) is 0 Å². The summed E-state index contributed by atoms with van der Waals surface area (Å²) < 4.78 is 0. The molecule has 21 heavy (non-hydrogen) atoms. The highest BCUT2D eigenvalue weighted by atomic mass is 17.1. The van der Waals surface area contributed by atoms with E-state index in [4.69, 9.17) is 0 Å². The first-order valence-electron chi connectivity index (χ1n) is 6.91. The Morgan fingerprint density at radius 1 is 1.05 bits per heavy atom. The average molecular weight is 284 g/mol. The Bertz CT molecular complexity index is 638. The number of rotatable bonds is 4. The molecule has 0 heterocycles. The monoisotopic (exact) mass is 284 g/mol. The molecule has 0 radical (unpaired) electrons. The molecule has 3 heteroatoms. The van der Waals surface area contributed by atoms with Crippen LogP contribution in [-0.4, -0.2) is 11.0 Å². The number of ketones is 1. The van der Waals surface area contributed by atoms with Crippen molar-refractivity contribution < 1.29 is 14.9 Å². The maximum Gasteiger partial charge on any atom is 0.202 e. The molecule has 3 nitrogen and oxygen atoms in total. The number of carbonyl (C=O) groups is 1. The van der Waals surface area contributed by atoms with E-state index in [1.807, 2.05) is 51.1 Å². The molecule has 2 aromatic carbocycles. The topological polar surface area (TPSA) is 46.5 Å². The van der Waals surface area contributed by atoms with Gasteiger partial charge < -0.3 is 0 Å². The number of carbonyl (C=O) groups excluding carboxylic acids is 1. The summed E-state index contributed by atoms with van der Waals surface area (Å²) in [6.45, 7) is 7.38. The molecule has 0 fully saturated rings. The van der Waals surface area contributed by atoms with Crippen molar-refractivity contribution in [1.82, 2.24) is 0 Å². The van der Waals surface area contributed by atoms with Gasteiger partial charge in [-0.3, -0.25) is 10.1 Å². The van der Waals surface area contributed by atoms with E-state index < -0.39 is 5.60 Å². The second-order valence-electron chi connectivity index (χ2n) is 5.59. The number of hydrogen-bond donors (Lipinski definition) is 1. The lowest BCUT2D eigenvalue weighted by Gasteiger charge is -2.26. The first-order chi connectivity index (χ1) is 9.90. The summed E-state index contributed by atoms with van der Waals surface area (Å²) in [5.74, 6) is -0.244. The fraction of sp³-hybridized carbons (Fsp3) is 0.278. The predicted molar refractivity (Wildman–Crippen MR) is 82.5 cm³/mol. The van der Waals surface area contributed by atoms with Crippen LogP contribution >= 0.6 is 0 Å². The van der Waals surface area contributed by atoms with Crippen LogP contribution in [0, 0.1) is 20.8 Å². The van der Waals surface area contributed by atoms with Crippen LogP contribution in [0.25, 0.3) is 0 Å². The molecule has 2 rings (SSSR count). The normalized spacial score (nSPS) is 13.8. The molecule has 0 spiro atoms. The predicted octanol–water partition coefficient (Wildman–Crippen LogP) is 4.20. The molecule has 0 saturated carbocycles. The van der Waals surface area contributed by atoms with Gasteiger partial charge in [-0.2, -0.15) is 0 Å². The fourth-order valence-electron chi connectivity index (χ4n) is 2.76. The van der Waals surface area contributed by atoms with E-state index in [2.05, 4.69) is 4.89 Å². The first-order valence-corrected chi connectivity index (χ1v) is 6.91. The van der Waals surface area contributed by atoms with Crippen LogP contribution in [-0.2, 0) is 10.5 Å². The molecule has 0 amide bonds. The Morgan fingerprint density at radius 3 is 2.05 bits per heavy atom. The van der Waals surface area contributed by atoms with Gasteiger partial charge in [0.1, 0.15) is 0 Å². The Morgan fingerprint density at radius 2 is 1.57 bits per heavy atom. The zero-order valence-corrected chi connectivity index (χ0v) is 12.8. The van der Waals surface area contributed by atoms with Crippen LogP contribution in [0.5, 0.6) is 0 Å².